The fourth-order valence-corrected chi connectivity index (χ4v) is 4.55. The molecule has 2 aromatic carbocycles. The number of nitrogens with zero attached hydrogens (tertiary/aromatic N) is 1. The third kappa shape index (κ3) is 3.78. The largest absolute Gasteiger partial charge is 0.454 e. The van der Waals surface area contributed by atoms with Crippen LogP contribution < -0.4 is 5.56 Å². The zero-order valence-corrected chi connectivity index (χ0v) is 17.8. The average Bonchev–Trinajstić information content (AvgIpc) is 3.03. The first-order valence-electron chi connectivity index (χ1n) is 9.76. The molecule has 0 saturated heterocycles. The van der Waals surface area contributed by atoms with Crippen molar-refractivity contribution in [2.75, 3.05) is 0 Å². The second-order valence-electron chi connectivity index (χ2n) is 7.25. The van der Waals surface area contributed by atoms with Gasteiger partial charge in [-0.05, 0) is 37.5 Å². The van der Waals surface area contributed by atoms with E-state index in [1.54, 1.807) is 6.92 Å². The average molecular weight is 419 g/mol. The molecule has 2 heterocycles. The third-order valence-corrected chi connectivity index (χ3v) is 6.34. The van der Waals surface area contributed by atoms with Crippen molar-refractivity contribution < 1.29 is 9.53 Å². The number of fused-ring (bicyclic) bond motifs is 1. The van der Waals surface area contributed by atoms with Crippen LogP contribution in [0.2, 0.25) is 0 Å². The highest BCUT2D eigenvalue weighted by molar-refractivity contribution is 7.18. The van der Waals surface area contributed by atoms with Gasteiger partial charge in [0.25, 0.3) is 5.56 Å². The molecule has 0 aliphatic rings. The molecular weight excluding hydrogens is 396 g/mol. The van der Waals surface area contributed by atoms with E-state index in [4.69, 9.17) is 4.74 Å². The van der Waals surface area contributed by atoms with Crippen LogP contribution in [-0.4, -0.2) is 15.9 Å². The highest BCUT2D eigenvalue weighted by Gasteiger charge is 2.27. The molecule has 4 aromatic rings. The number of carbonyl (C=O) groups is 1. The van der Waals surface area contributed by atoms with E-state index in [1.165, 1.54) is 11.3 Å². The van der Waals surface area contributed by atoms with Crippen LogP contribution in [0.25, 0.3) is 10.2 Å². The van der Waals surface area contributed by atoms with E-state index in [0.29, 0.717) is 16.0 Å². The van der Waals surface area contributed by atoms with Crippen LogP contribution in [0.3, 0.4) is 0 Å². The lowest BCUT2D eigenvalue weighted by Gasteiger charge is -2.20. The monoisotopic (exact) mass is 418 g/mol. The Morgan fingerprint density at radius 3 is 2.13 bits per heavy atom. The first-order chi connectivity index (χ1) is 14.5. The van der Waals surface area contributed by atoms with E-state index in [9.17, 15) is 9.59 Å². The predicted octanol–water partition coefficient (Wildman–Crippen LogP) is 5.04. The minimum absolute atomic E-state index is 0.206. The minimum atomic E-state index is -0.688. The molecule has 5 nitrogen and oxygen atoms in total. The van der Waals surface area contributed by atoms with Crippen LogP contribution in [0.15, 0.2) is 65.5 Å². The first-order valence-corrected chi connectivity index (χ1v) is 10.6. The van der Waals surface area contributed by atoms with Crippen LogP contribution >= 0.6 is 11.3 Å². The van der Waals surface area contributed by atoms with E-state index >= 15 is 0 Å². The molecule has 1 N–H and O–H groups in total. The highest BCUT2D eigenvalue weighted by atomic mass is 32.1. The van der Waals surface area contributed by atoms with Crippen LogP contribution in [0.4, 0.5) is 0 Å². The molecule has 6 heteroatoms. The molecule has 4 rings (SSSR count). The molecule has 0 aliphatic heterocycles. The molecule has 0 amide bonds. The Hall–Kier alpha value is -3.25. The minimum Gasteiger partial charge on any atom is -0.454 e. The summed E-state index contributed by atoms with van der Waals surface area (Å²) < 4.78 is 5.78. The van der Waals surface area contributed by atoms with Crippen molar-refractivity contribution in [2.24, 2.45) is 0 Å². The molecular formula is C24H22N2O3S. The van der Waals surface area contributed by atoms with Crippen LogP contribution in [-0.2, 0) is 9.53 Å². The highest BCUT2D eigenvalue weighted by Crippen LogP contribution is 2.30. The summed E-state index contributed by atoms with van der Waals surface area (Å²) in [6, 6.07) is 19.1. The Balaban J connectivity index is 1.66. The Bertz CT molecular complexity index is 1210. The van der Waals surface area contributed by atoms with Crippen molar-refractivity contribution in [3.8, 4) is 0 Å². The number of aromatic nitrogens is 2. The van der Waals surface area contributed by atoms with Crippen LogP contribution in [0.1, 0.15) is 46.3 Å². The number of aryl methyl sites for hydroxylation is 2. The van der Waals surface area contributed by atoms with Crippen molar-refractivity contribution in [3.63, 3.8) is 0 Å². The summed E-state index contributed by atoms with van der Waals surface area (Å²) in [6.07, 6.45) is -0.688. The van der Waals surface area contributed by atoms with Gasteiger partial charge < -0.3 is 9.72 Å². The Kier molecular flexibility index (Phi) is 5.50. The number of esters is 1. The number of nitrogens with one attached hydrogen (secondary N) is 1. The number of aromatic amines is 1. The van der Waals surface area contributed by atoms with E-state index in [0.717, 1.165) is 21.6 Å². The second-order valence-corrected chi connectivity index (χ2v) is 8.45. The summed E-state index contributed by atoms with van der Waals surface area (Å²) in [5, 5.41) is 0.603. The molecule has 0 radical (unpaired) electrons. The van der Waals surface area contributed by atoms with Gasteiger partial charge >= 0.3 is 5.97 Å². The van der Waals surface area contributed by atoms with E-state index in [2.05, 4.69) is 9.97 Å². The molecule has 0 bridgehead atoms. The molecule has 30 heavy (non-hydrogen) atoms. The van der Waals surface area contributed by atoms with Crippen molar-refractivity contribution in [3.05, 3.63) is 98.4 Å². The quantitative estimate of drug-likeness (QED) is 0.461. The van der Waals surface area contributed by atoms with Gasteiger partial charge in [0.15, 0.2) is 11.9 Å². The van der Waals surface area contributed by atoms with Crippen molar-refractivity contribution >= 4 is 27.5 Å². The maximum Gasteiger partial charge on any atom is 0.318 e. The van der Waals surface area contributed by atoms with Crippen LogP contribution in [0.5, 0.6) is 0 Å². The van der Waals surface area contributed by atoms with E-state index < -0.39 is 12.0 Å². The second kappa shape index (κ2) is 8.24. The normalized spacial score (nSPS) is 12.3. The van der Waals surface area contributed by atoms with E-state index in [-0.39, 0.29) is 11.5 Å². The van der Waals surface area contributed by atoms with Gasteiger partial charge in [0.2, 0.25) is 0 Å². The SMILES string of the molecule is Cc1sc2nc(C(C)OC(=O)C(c3ccccc3)c3ccccc3)[nH]c(=O)c2c1C. The summed E-state index contributed by atoms with van der Waals surface area (Å²) in [5.41, 5.74) is 2.43. The smallest absolute Gasteiger partial charge is 0.318 e. The number of ether oxygens (including phenoxy) is 1. The van der Waals surface area contributed by atoms with Crippen molar-refractivity contribution in [1.82, 2.24) is 9.97 Å². The third-order valence-electron chi connectivity index (χ3n) is 5.24. The fourth-order valence-electron chi connectivity index (χ4n) is 3.52. The number of rotatable bonds is 5. The van der Waals surface area contributed by atoms with Crippen molar-refractivity contribution in [2.45, 2.75) is 32.8 Å². The number of benzene rings is 2. The van der Waals surface area contributed by atoms with Gasteiger partial charge in [-0.1, -0.05) is 60.7 Å². The summed E-state index contributed by atoms with van der Waals surface area (Å²) in [7, 11) is 0. The molecule has 1 unspecified atom stereocenters. The van der Waals surface area contributed by atoms with Gasteiger partial charge in [-0.3, -0.25) is 9.59 Å². The summed E-state index contributed by atoms with van der Waals surface area (Å²) in [5.74, 6) is -0.598. The summed E-state index contributed by atoms with van der Waals surface area (Å²) >= 11 is 1.47. The number of hydrogen-bond donors (Lipinski definition) is 1. The Morgan fingerprint density at radius 2 is 1.57 bits per heavy atom. The molecule has 1 atom stereocenters. The van der Waals surface area contributed by atoms with Crippen LogP contribution in [0, 0.1) is 13.8 Å². The summed E-state index contributed by atoms with van der Waals surface area (Å²) in [4.78, 5) is 34.8. The van der Waals surface area contributed by atoms with E-state index in [1.807, 2.05) is 74.5 Å². The first kappa shape index (κ1) is 20.0. The number of thiophene rings is 1. The van der Waals surface area contributed by atoms with Gasteiger partial charge in [0.05, 0.1) is 5.39 Å². The lowest BCUT2D eigenvalue weighted by atomic mass is 9.91. The van der Waals surface area contributed by atoms with Gasteiger partial charge in [0, 0.05) is 4.88 Å². The van der Waals surface area contributed by atoms with Gasteiger partial charge in [-0.15, -0.1) is 11.3 Å². The van der Waals surface area contributed by atoms with Crippen molar-refractivity contribution in [1.29, 1.82) is 0 Å². The predicted molar refractivity (Wildman–Crippen MR) is 119 cm³/mol. The lowest BCUT2D eigenvalue weighted by Crippen LogP contribution is -2.21. The standard InChI is InChI=1S/C24H22N2O3S/c1-14-16(3)30-23-19(14)22(27)25-21(26-23)15(2)29-24(28)20(17-10-6-4-7-11-17)18-12-8-5-9-13-18/h4-13,15,20H,1-3H3,(H,25,26,27). The Morgan fingerprint density at radius 1 is 1.00 bits per heavy atom. The lowest BCUT2D eigenvalue weighted by molar-refractivity contribution is -0.149. The number of hydrogen-bond acceptors (Lipinski definition) is 5. The number of carbonyl (C=O) groups excluding carboxylic acids is 1. The maximum atomic E-state index is 13.2. The molecule has 2 aromatic heterocycles. The molecule has 0 spiro atoms. The Labute approximate surface area is 178 Å². The topological polar surface area (TPSA) is 72.0 Å². The number of H-pyrrole nitrogens is 1. The van der Waals surface area contributed by atoms with Gasteiger partial charge in [-0.25, -0.2) is 4.98 Å². The fraction of sp³-hybridized carbons (Fsp3) is 0.208. The molecule has 0 aliphatic carbocycles. The maximum absolute atomic E-state index is 13.2. The molecule has 0 saturated carbocycles. The summed E-state index contributed by atoms with van der Waals surface area (Å²) in [6.45, 7) is 5.61. The zero-order valence-electron chi connectivity index (χ0n) is 17.0. The van der Waals surface area contributed by atoms with Gasteiger partial charge in [-0.2, -0.15) is 0 Å². The molecule has 152 valence electrons. The van der Waals surface area contributed by atoms with Gasteiger partial charge in [0.1, 0.15) is 10.7 Å². The zero-order chi connectivity index (χ0) is 21.3. The molecule has 0 fully saturated rings.